The number of amides is 2. The van der Waals surface area contributed by atoms with Crippen LogP contribution in [0.15, 0.2) is 24.3 Å². The van der Waals surface area contributed by atoms with Gasteiger partial charge in [0.25, 0.3) is 0 Å². The average Bonchev–Trinajstić information content (AvgIpc) is 2.84. The number of nitrogens with one attached hydrogen (secondary N) is 1. The topological polar surface area (TPSA) is 69.0 Å². The van der Waals surface area contributed by atoms with Crippen molar-refractivity contribution in [2.24, 2.45) is 0 Å². The third-order valence-electron chi connectivity index (χ3n) is 3.46. The molecule has 2 rings (SSSR count). The lowest BCUT2D eigenvalue weighted by molar-refractivity contribution is 0.209. The fraction of sp³-hybridized carbons (Fsp3) is 0.312. The zero-order chi connectivity index (χ0) is 16.3. The van der Waals surface area contributed by atoms with Crippen molar-refractivity contribution in [3.63, 3.8) is 0 Å². The highest BCUT2D eigenvalue weighted by Crippen LogP contribution is 2.28. The number of aryl methyl sites for hydroxylation is 2. The fourth-order valence-electron chi connectivity index (χ4n) is 2.16. The fourth-order valence-corrected chi connectivity index (χ4v) is 3.19. The van der Waals surface area contributed by atoms with Crippen molar-refractivity contribution in [3.8, 4) is 6.07 Å². The van der Waals surface area contributed by atoms with E-state index < -0.39 is 0 Å². The minimum absolute atomic E-state index is 0.0645. The largest absolute Gasteiger partial charge is 0.322 e. The van der Waals surface area contributed by atoms with Crippen molar-refractivity contribution < 1.29 is 4.79 Å². The molecule has 1 atom stereocenters. The predicted molar refractivity (Wildman–Crippen MR) is 87.9 cm³/mol. The van der Waals surface area contributed by atoms with Gasteiger partial charge in [-0.3, -0.25) is 0 Å². The van der Waals surface area contributed by atoms with Crippen molar-refractivity contribution in [2.45, 2.75) is 26.8 Å². The summed E-state index contributed by atoms with van der Waals surface area (Å²) in [5.41, 5.74) is 2.09. The molecular weight excluding hydrogens is 296 g/mol. The van der Waals surface area contributed by atoms with Crippen LogP contribution in [0.2, 0.25) is 0 Å². The predicted octanol–water partition coefficient (Wildman–Crippen LogP) is 3.86. The maximum absolute atomic E-state index is 12.4. The average molecular weight is 314 g/mol. The maximum atomic E-state index is 12.4. The molecule has 0 unspecified atom stereocenters. The summed E-state index contributed by atoms with van der Waals surface area (Å²) in [7, 11) is 1.75. The molecule has 0 saturated carbocycles. The van der Waals surface area contributed by atoms with Gasteiger partial charge >= 0.3 is 6.03 Å². The molecule has 1 heterocycles. The number of aromatic nitrogens is 1. The van der Waals surface area contributed by atoms with E-state index in [0.717, 1.165) is 15.6 Å². The molecule has 114 valence electrons. The standard InChI is InChI=1S/C16H18N4OS/c1-10-15(22-12(3)18-10)11(2)20(4)16(21)19-14-7-5-6-13(8-14)9-17/h5-8,11H,1-4H3,(H,19,21)/t11-/m1/s1. The van der Waals surface area contributed by atoms with Gasteiger partial charge in [-0.2, -0.15) is 5.26 Å². The molecule has 0 aliphatic carbocycles. The van der Waals surface area contributed by atoms with Gasteiger partial charge in [-0.15, -0.1) is 11.3 Å². The summed E-state index contributed by atoms with van der Waals surface area (Å²) in [6, 6.07) is 8.64. The zero-order valence-corrected chi connectivity index (χ0v) is 13.9. The van der Waals surface area contributed by atoms with Crippen LogP contribution >= 0.6 is 11.3 Å². The molecule has 0 aliphatic heterocycles. The summed E-state index contributed by atoms with van der Waals surface area (Å²) < 4.78 is 0. The molecule has 6 heteroatoms. The van der Waals surface area contributed by atoms with E-state index in [1.165, 1.54) is 0 Å². The second kappa shape index (κ2) is 6.58. The maximum Gasteiger partial charge on any atom is 0.322 e. The third-order valence-corrected chi connectivity index (χ3v) is 4.71. The zero-order valence-electron chi connectivity index (χ0n) is 13.0. The Bertz CT molecular complexity index is 732. The highest BCUT2D eigenvalue weighted by atomic mass is 32.1. The van der Waals surface area contributed by atoms with Gasteiger partial charge in [-0.1, -0.05) is 6.07 Å². The number of carbonyl (C=O) groups is 1. The van der Waals surface area contributed by atoms with Crippen LogP contribution in [0, 0.1) is 25.2 Å². The van der Waals surface area contributed by atoms with Gasteiger partial charge in [0.1, 0.15) is 0 Å². The number of rotatable bonds is 3. The van der Waals surface area contributed by atoms with Gasteiger partial charge in [-0.05, 0) is 39.0 Å². The van der Waals surface area contributed by atoms with Crippen LogP contribution in [-0.2, 0) is 0 Å². The number of carbonyl (C=O) groups excluding carboxylic acids is 1. The Balaban J connectivity index is 2.11. The summed E-state index contributed by atoms with van der Waals surface area (Å²) in [6.07, 6.45) is 0. The Labute approximate surface area is 134 Å². The molecule has 1 aromatic carbocycles. The first-order chi connectivity index (χ1) is 10.4. The Hall–Kier alpha value is -2.39. The quantitative estimate of drug-likeness (QED) is 0.935. The normalized spacial score (nSPS) is 11.6. The summed E-state index contributed by atoms with van der Waals surface area (Å²) in [5.74, 6) is 0. The molecule has 0 spiro atoms. The number of anilines is 1. The minimum Gasteiger partial charge on any atom is -0.320 e. The SMILES string of the molecule is Cc1nc(C)c([C@@H](C)N(C)C(=O)Nc2cccc(C#N)c2)s1. The summed E-state index contributed by atoms with van der Waals surface area (Å²) >= 11 is 1.60. The summed E-state index contributed by atoms with van der Waals surface area (Å²) in [5, 5.41) is 12.7. The molecule has 0 fully saturated rings. The van der Waals surface area contributed by atoms with Crippen molar-refractivity contribution >= 4 is 23.1 Å². The van der Waals surface area contributed by atoms with Gasteiger partial charge in [0.2, 0.25) is 0 Å². The van der Waals surface area contributed by atoms with Crippen molar-refractivity contribution in [2.75, 3.05) is 12.4 Å². The smallest absolute Gasteiger partial charge is 0.320 e. The number of nitriles is 1. The second-order valence-corrected chi connectivity index (χ2v) is 6.33. The molecule has 1 N–H and O–H groups in total. The molecule has 5 nitrogen and oxygen atoms in total. The highest BCUT2D eigenvalue weighted by Gasteiger charge is 2.21. The van der Waals surface area contributed by atoms with Crippen molar-refractivity contribution in [3.05, 3.63) is 45.4 Å². The van der Waals surface area contributed by atoms with Gasteiger partial charge in [0, 0.05) is 17.6 Å². The van der Waals surface area contributed by atoms with E-state index >= 15 is 0 Å². The van der Waals surface area contributed by atoms with Gasteiger partial charge in [0.05, 0.1) is 28.4 Å². The van der Waals surface area contributed by atoms with E-state index in [9.17, 15) is 4.79 Å². The lowest BCUT2D eigenvalue weighted by Crippen LogP contribution is -2.33. The van der Waals surface area contributed by atoms with Crippen LogP contribution in [0.3, 0.4) is 0 Å². The molecule has 0 bridgehead atoms. The number of thiazole rings is 1. The summed E-state index contributed by atoms with van der Waals surface area (Å²) in [4.78, 5) is 19.5. The lowest BCUT2D eigenvalue weighted by Gasteiger charge is -2.24. The summed E-state index contributed by atoms with van der Waals surface area (Å²) in [6.45, 7) is 5.89. The van der Waals surface area contributed by atoms with Gasteiger partial charge < -0.3 is 10.2 Å². The molecule has 2 aromatic rings. The van der Waals surface area contributed by atoms with E-state index in [2.05, 4.69) is 16.4 Å². The Kier molecular flexibility index (Phi) is 4.78. The number of urea groups is 1. The van der Waals surface area contributed by atoms with Crippen LogP contribution in [0.5, 0.6) is 0 Å². The van der Waals surface area contributed by atoms with Crippen LogP contribution < -0.4 is 5.32 Å². The van der Waals surface area contributed by atoms with Crippen molar-refractivity contribution in [1.29, 1.82) is 5.26 Å². The second-order valence-electron chi connectivity index (χ2n) is 5.09. The Morgan fingerprint density at radius 2 is 2.18 bits per heavy atom. The third kappa shape index (κ3) is 3.43. The van der Waals surface area contributed by atoms with Crippen LogP contribution in [0.4, 0.5) is 10.5 Å². The molecule has 0 aliphatic rings. The first-order valence-corrected chi connectivity index (χ1v) is 7.72. The molecule has 1 aromatic heterocycles. The van der Waals surface area contributed by atoms with E-state index in [1.807, 2.05) is 20.8 Å². The molecule has 0 saturated heterocycles. The van der Waals surface area contributed by atoms with E-state index in [1.54, 1.807) is 47.5 Å². The molecular formula is C16H18N4OS. The number of hydrogen-bond donors (Lipinski definition) is 1. The van der Waals surface area contributed by atoms with Crippen LogP contribution in [-0.4, -0.2) is 23.0 Å². The minimum atomic E-state index is -0.215. The molecule has 2 amide bonds. The van der Waals surface area contributed by atoms with E-state index in [4.69, 9.17) is 5.26 Å². The number of nitrogens with zero attached hydrogens (tertiary/aromatic N) is 3. The van der Waals surface area contributed by atoms with E-state index in [-0.39, 0.29) is 12.1 Å². The highest BCUT2D eigenvalue weighted by molar-refractivity contribution is 7.11. The molecule has 0 radical (unpaired) electrons. The number of benzene rings is 1. The van der Waals surface area contributed by atoms with E-state index in [0.29, 0.717) is 11.3 Å². The molecule has 22 heavy (non-hydrogen) atoms. The van der Waals surface area contributed by atoms with Crippen LogP contribution in [0.25, 0.3) is 0 Å². The van der Waals surface area contributed by atoms with Gasteiger partial charge in [0.15, 0.2) is 0 Å². The Morgan fingerprint density at radius 1 is 1.45 bits per heavy atom. The number of hydrogen-bond acceptors (Lipinski definition) is 4. The first-order valence-electron chi connectivity index (χ1n) is 6.90. The van der Waals surface area contributed by atoms with Gasteiger partial charge in [-0.25, -0.2) is 9.78 Å². The first kappa shape index (κ1) is 16.0. The van der Waals surface area contributed by atoms with Crippen LogP contribution in [0.1, 0.15) is 34.1 Å². The monoisotopic (exact) mass is 314 g/mol. The Morgan fingerprint density at radius 3 is 2.77 bits per heavy atom. The van der Waals surface area contributed by atoms with Crippen molar-refractivity contribution in [1.82, 2.24) is 9.88 Å². The lowest BCUT2D eigenvalue weighted by atomic mass is 10.2.